The highest BCUT2D eigenvalue weighted by molar-refractivity contribution is 8.26. The molecule has 3 fully saturated rings. The lowest BCUT2D eigenvalue weighted by atomic mass is 10.1. The van der Waals surface area contributed by atoms with Crippen molar-refractivity contribution < 1.29 is 9.53 Å². The van der Waals surface area contributed by atoms with Crippen molar-refractivity contribution in [2.24, 2.45) is 0 Å². The summed E-state index contributed by atoms with van der Waals surface area (Å²) in [5, 5.41) is 1.02. The quantitative estimate of drug-likeness (QED) is 0.498. The van der Waals surface area contributed by atoms with Gasteiger partial charge >= 0.3 is 0 Å². The van der Waals surface area contributed by atoms with E-state index in [1.54, 1.807) is 15.5 Å². The summed E-state index contributed by atoms with van der Waals surface area (Å²) in [6.45, 7) is 5.20. The summed E-state index contributed by atoms with van der Waals surface area (Å²) in [4.78, 5) is 31.6. The van der Waals surface area contributed by atoms with Crippen LogP contribution < -0.4 is 10.5 Å². The molecule has 6 nitrogen and oxygen atoms in total. The van der Waals surface area contributed by atoms with Crippen molar-refractivity contribution >= 4 is 56.9 Å². The van der Waals surface area contributed by atoms with Crippen LogP contribution in [0.25, 0.3) is 17.0 Å². The van der Waals surface area contributed by atoms with Gasteiger partial charge in [-0.05, 0) is 31.9 Å². The number of anilines is 1. The molecule has 1 aromatic heterocycles. The Bertz CT molecular complexity index is 1160. The number of amides is 1. The number of rotatable bonds is 4. The zero-order chi connectivity index (χ0) is 22.2. The van der Waals surface area contributed by atoms with E-state index in [1.165, 1.54) is 11.8 Å². The SMILES string of the molecule is CCn1c(=O)c(C=C2SC(=S)N(C3CCCC3)C2=O)c(N2CCOCC2)c2ccccc21. The maximum absolute atomic E-state index is 13.7. The van der Waals surface area contributed by atoms with Crippen LogP contribution in [0.15, 0.2) is 34.0 Å². The molecule has 1 saturated carbocycles. The second kappa shape index (κ2) is 9.00. The predicted molar refractivity (Wildman–Crippen MR) is 134 cm³/mol. The number of ether oxygens (including phenoxy) is 1. The van der Waals surface area contributed by atoms with Crippen molar-refractivity contribution in [1.29, 1.82) is 0 Å². The maximum atomic E-state index is 13.7. The third-order valence-corrected chi connectivity index (χ3v) is 7.94. The van der Waals surface area contributed by atoms with Crippen molar-refractivity contribution in [3.63, 3.8) is 0 Å². The fraction of sp³-hybridized carbons (Fsp3) is 0.458. The number of aryl methyl sites for hydroxylation is 1. The van der Waals surface area contributed by atoms with Gasteiger partial charge in [-0.15, -0.1) is 0 Å². The number of hydrogen-bond donors (Lipinski definition) is 0. The first-order valence-electron chi connectivity index (χ1n) is 11.4. The maximum Gasteiger partial charge on any atom is 0.266 e. The van der Waals surface area contributed by atoms with Gasteiger partial charge in [0.25, 0.3) is 11.5 Å². The molecule has 5 rings (SSSR count). The minimum absolute atomic E-state index is 0.0598. The van der Waals surface area contributed by atoms with Gasteiger partial charge in [-0.2, -0.15) is 0 Å². The number of benzene rings is 1. The van der Waals surface area contributed by atoms with Crippen LogP contribution in [0.2, 0.25) is 0 Å². The van der Waals surface area contributed by atoms with Crippen molar-refractivity contribution in [2.75, 3.05) is 31.2 Å². The second-order valence-corrected chi connectivity index (χ2v) is 10.1. The van der Waals surface area contributed by atoms with Gasteiger partial charge in [0, 0.05) is 31.1 Å². The van der Waals surface area contributed by atoms with Crippen LogP contribution in [0, 0.1) is 0 Å². The molecule has 32 heavy (non-hydrogen) atoms. The Labute approximate surface area is 197 Å². The Morgan fingerprint density at radius 1 is 1.16 bits per heavy atom. The van der Waals surface area contributed by atoms with E-state index in [2.05, 4.69) is 11.0 Å². The lowest BCUT2D eigenvalue weighted by molar-refractivity contribution is -0.123. The van der Waals surface area contributed by atoms with Crippen molar-refractivity contribution in [3.05, 3.63) is 45.1 Å². The second-order valence-electron chi connectivity index (χ2n) is 8.42. The van der Waals surface area contributed by atoms with Crippen molar-refractivity contribution in [3.8, 4) is 0 Å². The summed E-state index contributed by atoms with van der Waals surface area (Å²) in [5.41, 5.74) is 2.31. The van der Waals surface area contributed by atoms with Crippen LogP contribution in [0.5, 0.6) is 0 Å². The van der Waals surface area contributed by atoms with E-state index in [0.717, 1.165) is 42.3 Å². The van der Waals surface area contributed by atoms with Gasteiger partial charge in [0.2, 0.25) is 0 Å². The first kappa shape index (κ1) is 21.7. The number of carbonyl (C=O) groups excluding carboxylic acids is 1. The molecule has 0 radical (unpaired) electrons. The summed E-state index contributed by atoms with van der Waals surface area (Å²) >= 11 is 6.90. The normalized spacial score (nSPS) is 21.5. The lowest BCUT2D eigenvalue weighted by Gasteiger charge is -2.31. The Kier molecular flexibility index (Phi) is 6.09. The third kappa shape index (κ3) is 3.68. The fourth-order valence-corrected chi connectivity index (χ4v) is 6.45. The van der Waals surface area contributed by atoms with Crippen LogP contribution in [-0.4, -0.2) is 52.0 Å². The number of hydrogen-bond acceptors (Lipinski definition) is 6. The summed E-state index contributed by atoms with van der Waals surface area (Å²) in [6, 6.07) is 8.21. The summed E-state index contributed by atoms with van der Waals surface area (Å²) in [6.07, 6.45) is 6.05. The minimum atomic E-state index is -0.0705. The van der Waals surface area contributed by atoms with E-state index in [4.69, 9.17) is 17.0 Å². The average molecular weight is 470 g/mol. The lowest BCUT2D eigenvalue weighted by Crippen LogP contribution is -2.38. The highest BCUT2D eigenvalue weighted by Gasteiger charge is 2.38. The summed E-state index contributed by atoms with van der Waals surface area (Å²) < 4.78 is 7.96. The van der Waals surface area contributed by atoms with Gasteiger partial charge < -0.3 is 14.2 Å². The van der Waals surface area contributed by atoms with Crippen molar-refractivity contribution in [1.82, 2.24) is 9.47 Å². The molecule has 0 bridgehead atoms. The molecular weight excluding hydrogens is 442 g/mol. The first-order valence-corrected chi connectivity index (χ1v) is 12.6. The van der Waals surface area contributed by atoms with E-state index < -0.39 is 0 Å². The standard InChI is InChI=1S/C24H27N3O3S2/c1-2-26-19-10-6-5-9-17(19)21(25-11-13-30-14-12-25)18(22(26)28)15-20-23(29)27(24(31)32-20)16-7-3-4-8-16/h5-6,9-10,15-16H,2-4,7-8,11-14H2,1H3. The number of thiocarbonyl (C=S) groups is 1. The van der Waals surface area contributed by atoms with Crippen molar-refractivity contribution in [2.45, 2.75) is 45.2 Å². The van der Waals surface area contributed by atoms with E-state index >= 15 is 0 Å². The number of thioether (sulfide) groups is 1. The van der Waals surface area contributed by atoms with Gasteiger partial charge in [0.15, 0.2) is 0 Å². The smallest absolute Gasteiger partial charge is 0.266 e. The molecule has 0 spiro atoms. The molecular formula is C24H27N3O3S2. The summed E-state index contributed by atoms with van der Waals surface area (Å²) in [7, 11) is 0. The van der Waals surface area contributed by atoms with Gasteiger partial charge in [0.1, 0.15) is 4.32 Å². The number of morpholine rings is 1. The van der Waals surface area contributed by atoms with Crippen LogP contribution in [0.3, 0.4) is 0 Å². The van der Waals surface area contributed by atoms with Gasteiger partial charge in [-0.1, -0.05) is 55.0 Å². The predicted octanol–water partition coefficient (Wildman–Crippen LogP) is 4.00. The third-order valence-electron chi connectivity index (χ3n) is 6.61. The molecule has 3 aliphatic rings. The minimum Gasteiger partial charge on any atom is -0.378 e. The molecule has 1 aromatic carbocycles. The van der Waals surface area contributed by atoms with Gasteiger partial charge in [-0.3, -0.25) is 14.5 Å². The molecule has 2 aliphatic heterocycles. The van der Waals surface area contributed by atoms with Crippen LogP contribution in [0.4, 0.5) is 5.69 Å². The molecule has 1 aliphatic carbocycles. The monoisotopic (exact) mass is 469 g/mol. The Morgan fingerprint density at radius 2 is 1.88 bits per heavy atom. The first-order chi connectivity index (χ1) is 15.6. The zero-order valence-electron chi connectivity index (χ0n) is 18.2. The van der Waals surface area contributed by atoms with E-state index in [0.29, 0.717) is 47.6 Å². The molecule has 2 saturated heterocycles. The molecule has 1 amide bonds. The van der Waals surface area contributed by atoms with E-state index in [9.17, 15) is 9.59 Å². The van der Waals surface area contributed by atoms with E-state index in [-0.39, 0.29) is 17.5 Å². The highest BCUT2D eigenvalue weighted by Crippen LogP contribution is 2.39. The van der Waals surface area contributed by atoms with Crippen LogP contribution in [0.1, 0.15) is 38.2 Å². The molecule has 0 N–H and O–H groups in total. The average Bonchev–Trinajstić information content (AvgIpc) is 3.42. The molecule has 3 heterocycles. The number of nitrogens with zero attached hydrogens (tertiary/aromatic N) is 3. The number of aromatic nitrogens is 1. The Hall–Kier alpha value is -2.16. The van der Waals surface area contributed by atoms with Crippen LogP contribution in [-0.2, 0) is 16.1 Å². The zero-order valence-corrected chi connectivity index (χ0v) is 19.8. The molecule has 0 unspecified atom stereocenters. The largest absolute Gasteiger partial charge is 0.378 e. The molecule has 2 aromatic rings. The van der Waals surface area contributed by atoms with Crippen LogP contribution >= 0.6 is 24.0 Å². The topological polar surface area (TPSA) is 54.8 Å². The number of para-hydroxylation sites is 1. The fourth-order valence-electron chi connectivity index (χ4n) is 5.07. The van der Waals surface area contributed by atoms with Gasteiger partial charge in [-0.25, -0.2) is 0 Å². The summed E-state index contributed by atoms with van der Waals surface area (Å²) in [5.74, 6) is -0.0598. The molecule has 0 atom stereocenters. The van der Waals surface area contributed by atoms with Gasteiger partial charge in [0.05, 0.1) is 34.9 Å². The number of pyridine rings is 1. The Balaban J connectivity index is 1.68. The number of carbonyl (C=O) groups is 1. The Morgan fingerprint density at radius 3 is 2.59 bits per heavy atom. The van der Waals surface area contributed by atoms with E-state index in [1.807, 2.05) is 25.1 Å². The number of fused-ring (bicyclic) bond motifs is 1. The molecule has 168 valence electrons. The highest BCUT2D eigenvalue weighted by atomic mass is 32.2. The molecule has 8 heteroatoms.